The smallest absolute Gasteiger partial charge is 0.475 e. The van der Waals surface area contributed by atoms with Crippen LogP contribution in [0.1, 0.15) is 106 Å². The van der Waals surface area contributed by atoms with Gasteiger partial charge in [-0.3, -0.25) is 9.59 Å². The van der Waals surface area contributed by atoms with Crippen LogP contribution in [0.3, 0.4) is 0 Å². The van der Waals surface area contributed by atoms with Gasteiger partial charge in [-0.2, -0.15) is 0 Å². The first-order valence-electron chi connectivity index (χ1n) is 19.2. The molecule has 2 saturated carbocycles. The first-order valence-corrected chi connectivity index (χ1v) is 19.2. The number of fused-ring (bicyclic) bond motifs is 1. The number of halogens is 1. The number of aromatic carboxylic acids is 1. The summed E-state index contributed by atoms with van der Waals surface area (Å²) in [5, 5.41) is 16.0. The van der Waals surface area contributed by atoms with E-state index in [-0.39, 0.29) is 76.4 Å². The lowest BCUT2D eigenvalue weighted by Crippen LogP contribution is -2.50. The van der Waals surface area contributed by atoms with Crippen molar-refractivity contribution in [3.8, 4) is 0 Å². The number of aryl methyl sites for hydroxylation is 1. The number of hydrogen-bond acceptors (Lipinski definition) is 10. The Bertz CT molecular complexity index is 1930. The molecule has 3 N–H and O–H groups in total. The molecule has 15 heteroatoms. The molecule has 3 atom stereocenters. The molecule has 3 aliphatic rings. The van der Waals surface area contributed by atoms with Crippen molar-refractivity contribution >= 4 is 40.5 Å². The minimum Gasteiger partial charge on any atom is -0.475 e. The van der Waals surface area contributed by atoms with Crippen LogP contribution in [0.4, 0.5) is 14.9 Å². The third-order valence-electron chi connectivity index (χ3n) is 11.6. The number of carbonyl (C=O) groups excluding carboxylic acids is 3. The van der Waals surface area contributed by atoms with Crippen molar-refractivity contribution in [3.63, 3.8) is 0 Å². The van der Waals surface area contributed by atoms with E-state index in [0.717, 1.165) is 25.7 Å². The van der Waals surface area contributed by atoms with Crippen molar-refractivity contribution < 1.29 is 51.4 Å². The summed E-state index contributed by atoms with van der Waals surface area (Å²) in [5.41, 5.74) is 0.196. The first kappa shape index (κ1) is 40.0. The predicted molar refractivity (Wildman–Crippen MR) is 198 cm³/mol. The number of methoxy groups -OCH3 is 1. The highest BCUT2D eigenvalue weighted by Gasteiger charge is 2.47. The monoisotopic (exact) mass is 769 g/mol. The molecule has 3 amide bonds. The summed E-state index contributed by atoms with van der Waals surface area (Å²) in [6, 6.07) is 3.36. The van der Waals surface area contributed by atoms with E-state index in [1.807, 2.05) is 0 Å². The maximum Gasteiger partial charge on any atom is 0.519 e. The van der Waals surface area contributed by atoms with E-state index < -0.39 is 42.2 Å². The van der Waals surface area contributed by atoms with Crippen LogP contribution in [0.2, 0.25) is 0 Å². The van der Waals surface area contributed by atoms with Gasteiger partial charge in [-0.25, -0.2) is 18.8 Å². The van der Waals surface area contributed by atoms with Crippen LogP contribution in [0.15, 0.2) is 36.2 Å². The molecule has 300 valence electrons. The second-order valence-corrected chi connectivity index (χ2v) is 16.2. The minimum atomic E-state index is -1.31. The zero-order valence-electron chi connectivity index (χ0n) is 32.1. The molecule has 3 heterocycles. The van der Waals surface area contributed by atoms with Gasteiger partial charge in [0.05, 0.1) is 12.1 Å². The number of amides is 3. The van der Waals surface area contributed by atoms with Crippen molar-refractivity contribution in [1.82, 2.24) is 10.2 Å². The second kappa shape index (κ2) is 16.6. The molecule has 1 aromatic carbocycles. The van der Waals surface area contributed by atoms with Crippen LogP contribution < -0.4 is 16.5 Å². The van der Waals surface area contributed by atoms with Gasteiger partial charge in [-0.15, -0.1) is 0 Å². The highest BCUT2D eigenvalue weighted by Crippen LogP contribution is 2.42. The number of nitrogens with one attached hydrogen (secondary N) is 2. The highest BCUT2D eigenvalue weighted by atomic mass is 19.1. The van der Waals surface area contributed by atoms with E-state index in [2.05, 4.69) is 10.6 Å². The highest BCUT2D eigenvalue weighted by molar-refractivity contribution is 6.01. The van der Waals surface area contributed by atoms with Crippen molar-refractivity contribution in [2.24, 2.45) is 23.7 Å². The molecule has 2 aromatic heterocycles. The molecule has 3 fully saturated rings. The number of hydrogen-bond donors (Lipinski definition) is 3. The molecule has 0 radical (unpaired) electrons. The number of benzene rings is 1. The molecule has 55 heavy (non-hydrogen) atoms. The fourth-order valence-electron chi connectivity index (χ4n) is 8.88. The average molecular weight is 770 g/mol. The third kappa shape index (κ3) is 9.08. The Morgan fingerprint density at radius 3 is 2.31 bits per heavy atom. The van der Waals surface area contributed by atoms with Gasteiger partial charge in [0.1, 0.15) is 29.7 Å². The Kier molecular flexibility index (Phi) is 12.1. The van der Waals surface area contributed by atoms with E-state index in [1.54, 1.807) is 51.0 Å². The minimum absolute atomic E-state index is 0.0779. The molecule has 0 unspecified atom stereocenters. The SMILES string of the molecule is COC1CCC([C@@H]2CCN(C(=O)C3CCC([C@@H](CF)NC(=O)OC(C)(C)C)CC3)[C@@H]2C(=O)Nc2ccc3oc(C(=O)O)c(Cc4oc(=O)oc4C)c3c2)CC1. The summed E-state index contributed by atoms with van der Waals surface area (Å²) in [6.45, 7) is 6.46. The largest absolute Gasteiger partial charge is 0.519 e. The zero-order valence-corrected chi connectivity index (χ0v) is 32.1. The molecule has 1 saturated heterocycles. The Morgan fingerprint density at radius 2 is 1.71 bits per heavy atom. The van der Waals surface area contributed by atoms with Gasteiger partial charge in [0.15, 0.2) is 5.76 Å². The van der Waals surface area contributed by atoms with E-state index in [4.69, 9.17) is 22.7 Å². The van der Waals surface area contributed by atoms with Crippen molar-refractivity contribution in [1.29, 1.82) is 0 Å². The molecule has 14 nitrogen and oxygen atoms in total. The van der Waals surface area contributed by atoms with Gasteiger partial charge >= 0.3 is 17.9 Å². The summed E-state index contributed by atoms with van der Waals surface area (Å²) in [7, 11) is 1.71. The molecule has 3 aromatic rings. The number of alkyl carbamates (subject to hydrolysis) is 1. The zero-order chi connectivity index (χ0) is 39.6. The molecule has 0 spiro atoms. The number of carbonyl (C=O) groups is 4. The lowest BCUT2D eigenvalue weighted by molar-refractivity contribution is -0.142. The summed E-state index contributed by atoms with van der Waals surface area (Å²) in [4.78, 5) is 66.7. The van der Waals surface area contributed by atoms with Crippen LogP contribution in [-0.4, -0.2) is 78.0 Å². The fraction of sp³-hybridized carbons (Fsp3) is 0.625. The fourth-order valence-corrected chi connectivity index (χ4v) is 8.88. The molecule has 0 bridgehead atoms. The van der Waals surface area contributed by atoms with Crippen LogP contribution in [0.5, 0.6) is 0 Å². The number of alkyl halides is 1. The molecular formula is C40H52FN3O11. The number of carboxylic acids is 1. The van der Waals surface area contributed by atoms with Gasteiger partial charge in [0.25, 0.3) is 0 Å². The van der Waals surface area contributed by atoms with Gasteiger partial charge in [0, 0.05) is 42.6 Å². The molecule has 1 aliphatic heterocycles. The Hall–Kier alpha value is -4.66. The maximum atomic E-state index is 14.4. The number of furan rings is 1. The van der Waals surface area contributed by atoms with Gasteiger partial charge in [-0.1, -0.05) is 0 Å². The lowest BCUT2D eigenvalue weighted by atomic mass is 9.75. The number of nitrogens with zero attached hydrogens (tertiary/aromatic N) is 1. The van der Waals surface area contributed by atoms with Crippen LogP contribution in [0, 0.1) is 30.6 Å². The van der Waals surface area contributed by atoms with Crippen molar-refractivity contribution in [2.75, 3.05) is 25.6 Å². The first-order chi connectivity index (χ1) is 26.1. The summed E-state index contributed by atoms with van der Waals surface area (Å²) in [6.07, 6.45) is 5.68. The van der Waals surface area contributed by atoms with Gasteiger partial charge < -0.3 is 43.4 Å². The molecule has 2 aliphatic carbocycles. The summed E-state index contributed by atoms with van der Waals surface area (Å²) < 4.78 is 40.9. The number of ether oxygens (including phenoxy) is 2. The summed E-state index contributed by atoms with van der Waals surface area (Å²) >= 11 is 0. The lowest BCUT2D eigenvalue weighted by Gasteiger charge is -2.38. The molecular weight excluding hydrogens is 717 g/mol. The predicted octanol–water partition coefficient (Wildman–Crippen LogP) is 6.61. The van der Waals surface area contributed by atoms with E-state index in [9.17, 15) is 33.5 Å². The van der Waals surface area contributed by atoms with Crippen molar-refractivity contribution in [2.45, 2.75) is 116 Å². The maximum absolute atomic E-state index is 14.4. The van der Waals surface area contributed by atoms with Crippen LogP contribution in [0.25, 0.3) is 11.0 Å². The Morgan fingerprint density at radius 1 is 1.00 bits per heavy atom. The Balaban J connectivity index is 1.21. The Labute approximate surface area is 318 Å². The number of carboxylic acid groups (broad SMARTS) is 1. The number of likely N-dealkylation sites (tertiary alicyclic amines) is 1. The quantitative estimate of drug-likeness (QED) is 0.190. The normalized spacial score (nSPS) is 25.1. The van der Waals surface area contributed by atoms with E-state index >= 15 is 0 Å². The number of anilines is 1. The van der Waals surface area contributed by atoms with Gasteiger partial charge in [-0.05, 0) is 121 Å². The van der Waals surface area contributed by atoms with Crippen molar-refractivity contribution in [3.05, 3.63) is 51.7 Å². The van der Waals surface area contributed by atoms with Gasteiger partial charge in [0.2, 0.25) is 17.6 Å². The topological polar surface area (TPSA) is 191 Å². The standard InChI is InChI=1S/C40H52FN3O11/c1-21-32(54-39(50)52-21)19-29-28-18-25(12-15-31(28)53-34(29)37(47)48)42-35(45)33-27(22-10-13-26(51-5)14-11-22)16-17-44(33)36(46)24-8-6-23(7-9-24)30(20-41)43-38(49)55-40(2,3)4/h12,15,18,22-24,26-27,30,33H,6-11,13-14,16-17,19-20H2,1-5H3,(H,42,45)(H,43,49)(H,47,48)/t22?,23?,24?,26?,27-,30+,33-/m0/s1. The van der Waals surface area contributed by atoms with Crippen LogP contribution in [-0.2, 0) is 25.5 Å². The number of rotatable bonds is 11. The summed E-state index contributed by atoms with van der Waals surface area (Å²) in [5.74, 6) is -2.96. The molecule has 6 rings (SSSR count). The second-order valence-electron chi connectivity index (χ2n) is 16.2. The average Bonchev–Trinajstić information content (AvgIpc) is 3.84. The van der Waals surface area contributed by atoms with E-state index in [1.165, 1.54) is 6.92 Å². The van der Waals surface area contributed by atoms with Crippen LogP contribution >= 0.6 is 0 Å². The van der Waals surface area contributed by atoms with E-state index in [0.29, 0.717) is 49.7 Å². The third-order valence-corrected chi connectivity index (χ3v) is 11.6.